The summed E-state index contributed by atoms with van der Waals surface area (Å²) >= 11 is 1.31. The molecule has 2 heterocycles. The fraction of sp³-hybridized carbons (Fsp3) is 0.381. The summed E-state index contributed by atoms with van der Waals surface area (Å²) in [5, 5.41) is 3.50. The molecule has 0 aliphatic carbocycles. The SMILES string of the molecule is Cc1cc2nc(SCC(=O)NCc3ccccc3)n(CCC(C)C)c(=O)c2[nH]1. The zero-order valence-electron chi connectivity index (χ0n) is 16.5. The van der Waals surface area contributed by atoms with Gasteiger partial charge in [0.25, 0.3) is 5.56 Å². The van der Waals surface area contributed by atoms with Crippen molar-refractivity contribution in [3.05, 3.63) is 58.0 Å². The third-order valence-electron chi connectivity index (χ3n) is 4.43. The third-order valence-corrected chi connectivity index (χ3v) is 5.41. The van der Waals surface area contributed by atoms with Crippen LogP contribution in [0.25, 0.3) is 11.0 Å². The van der Waals surface area contributed by atoms with Crippen LogP contribution in [0.4, 0.5) is 0 Å². The number of carbonyl (C=O) groups is 1. The summed E-state index contributed by atoms with van der Waals surface area (Å²) in [5.41, 5.74) is 3.05. The average Bonchev–Trinajstić information content (AvgIpc) is 3.05. The molecule has 3 rings (SSSR count). The van der Waals surface area contributed by atoms with E-state index < -0.39 is 0 Å². The van der Waals surface area contributed by atoms with Crippen LogP contribution in [0.15, 0.2) is 46.3 Å². The number of rotatable bonds is 8. The molecule has 2 aromatic heterocycles. The lowest BCUT2D eigenvalue weighted by molar-refractivity contribution is -0.118. The molecular formula is C21H26N4O2S. The van der Waals surface area contributed by atoms with Crippen molar-refractivity contribution in [1.82, 2.24) is 19.9 Å². The summed E-state index contributed by atoms with van der Waals surface area (Å²) < 4.78 is 1.69. The molecule has 6 nitrogen and oxygen atoms in total. The first-order valence-corrected chi connectivity index (χ1v) is 10.5. The lowest BCUT2D eigenvalue weighted by atomic mass is 10.1. The molecule has 7 heteroatoms. The van der Waals surface area contributed by atoms with E-state index in [1.54, 1.807) is 4.57 Å². The number of aromatic amines is 1. The second-order valence-electron chi connectivity index (χ2n) is 7.30. The van der Waals surface area contributed by atoms with Gasteiger partial charge in [0.15, 0.2) is 5.16 Å². The van der Waals surface area contributed by atoms with Crippen LogP contribution in [-0.2, 0) is 17.9 Å². The molecule has 0 bridgehead atoms. The lowest BCUT2D eigenvalue weighted by Crippen LogP contribution is -2.27. The minimum Gasteiger partial charge on any atom is -0.353 e. The Kier molecular flexibility index (Phi) is 6.57. The van der Waals surface area contributed by atoms with Crippen LogP contribution in [0.3, 0.4) is 0 Å². The van der Waals surface area contributed by atoms with Crippen LogP contribution in [0.2, 0.25) is 0 Å². The van der Waals surface area contributed by atoms with Gasteiger partial charge in [-0.2, -0.15) is 0 Å². The minimum absolute atomic E-state index is 0.0778. The van der Waals surface area contributed by atoms with E-state index in [1.807, 2.05) is 43.3 Å². The summed E-state index contributed by atoms with van der Waals surface area (Å²) in [6, 6.07) is 11.6. The van der Waals surface area contributed by atoms with Gasteiger partial charge < -0.3 is 10.3 Å². The Bertz CT molecular complexity index is 1010. The van der Waals surface area contributed by atoms with Gasteiger partial charge >= 0.3 is 0 Å². The lowest BCUT2D eigenvalue weighted by Gasteiger charge is -2.13. The van der Waals surface area contributed by atoms with Gasteiger partial charge in [0.05, 0.1) is 11.3 Å². The van der Waals surface area contributed by atoms with E-state index in [0.717, 1.165) is 17.7 Å². The molecule has 0 unspecified atom stereocenters. The van der Waals surface area contributed by atoms with Crippen molar-refractivity contribution >= 4 is 28.7 Å². The monoisotopic (exact) mass is 398 g/mol. The predicted octanol–water partition coefficient (Wildman–Crippen LogP) is 3.49. The number of carbonyl (C=O) groups excluding carboxylic acids is 1. The van der Waals surface area contributed by atoms with Crippen LogP contribution in [0.1, 0.15) is 31.5 Å². The van der Waals surface area contributed by atoms with E-state index in [9.17, 15) is 9.59 Å². The highest BCUT2D eigenvalue weighted by Crippen LogP contribution is 2.19. The number of nitrogens with one attached hydrogen (secondary N) is 2. The van der Waals surface area contributed by atoms with Gasteiger partial charge in [0.2, 0.25) is 5.91 Å². The van der Waals surface area contributed by atoms with E-state index in [2.05, 4.69) is 29.1 Å². The third kappa shape index (κ3) is 5.04. The van der Waals surface area contributed by atoms with Gasteiger partial charge in [-0.3, -0.25) is 14.2 Å². The molecule has 1 amide bonds. The van der Waals surface area contributed by atoms with Gasteiger partial charge in [0.1, 0.15) is 5.52 Å². The molecule has 148 valence electrons. The molecule has 0 atom stereocenters. The topological polar surface area (TPSA) is 79.8 Å². The summed E-state index contributed by atoms with van der Waals surface area (Å²) in [6.45, 7) is 7.23. The van der Waals surface area contributed by atoms with Crippen molar-refractivity contribution < 1.29 is 4.79 Å². The predicted molar refractivity (Wildman–Crippen MR) is 114 cm³/mol. The first-order valence-electron chi connectivity index (χ1n) is 9.47. The molecule has 0 spiro atoms. The van der Waals surface area contributed by atoms with Crippen molar-refractivity contribution in [2.75, 3.05) is 5.75 Å². The van der Waals surface area contributed by atoms with Gasteiger partial charge in [-0.1, -0.05) is 55.9 Å². The van der Waals surface area contributed by atoms with Crippen molar-refractivity contribution in [2.45, 2.75) is 45.4 Å². The maximum atomic E-state index is 12.9. The molecule has 0 saturated heterocycles. The number of aryl methyl sites for hydroxylation is 1. The molecule has 0 saturated carbocycles. The minimum atomic E-state index is -0.0798. The number of nitrogens with zero attached hydrogens (tertiary/aromatic N) is 2. The molecule has 3 aromatic rings. The van der Waals surface area contributed by atoms with E-state index in [-0.39, 0.29) is 17.2 Å². The van der Waals surface area contributed by atoms with E-state index in [0.29, 0.717) is 35.2 Å². The van der Waals surface area contributed by atoms with Crippen LogP contribution in [0, 0.1) is 12.8 Å². The number of aromatic nitrogens is 3. The van der Waals surface area contributed by atoms with Gasteiger partial charge in [-0.05, 0) is 30.9 Å². The highest BCUT2D eigenvalue weighted by Gasteiger charge is 2.15. The fourth-order valence-electron chi connectivity index (χ4n) is 2.88. The van der Waals surface area contributed by atoms with Crippen LogP contribution < -0.4 is 10.9 Å². The van der Waals surface area contributed by atoms with Gasteiger partial charge in [0, 0.05) is 18.8 Å². The number of amides is 1. The zero-order chi connectivity index (χ0) is 20.1. The standard InChI is InChI=1S/C21H26N4O2S/c1-14(2)9-10-25-20(27)19-17(11-15(3)23-19)24-21(25)28-13-18(26)22-12-16-7-5-4-6-8-16/h4-8,11,14,23H,9-10,12-13H2,1-3H3,(H,22,26). The van der Waals surface area contributed by atoms with Crippen molar-refractivity contribution in [2.24, 2.45) is 5.92 Å². The number of benzene rings is 1. The van der Waals surface area contributed by atoms with E-state index in [1.165, 1.54) is 11.8 Å². The summed E-state index contributed by atoms with van der Waals surface area (Å²) in [7, 11) is 0. The quantitative estimate of drug-likeness (QED) is 0.450. The van der Waals surface area contributed by atoms with E-state index in [4.69, 9.17) is 0 Å². The molecule has 0 aliphatic rings. The highest BCUT2D eigenvalue weighted by molar-refractivity contribution is 7.99. The number of hydrogen-bond acceptors (Lipinski definition) is 4. The Balaban J connectivity index is 1.74. The van der Waals surface area contributed by atoms with E-state index >= 15 is 0 Å². The molecular weight excluding hydrogens is 372 g/mol. The average molecular weight is 399 g/mol. The molecule has 28 heavy (non-hydrogen) atoms. The Morgan fingerprint density at radius 1 is 1.29 bits per heavy atom. The molecule has 0 fully saturated rings. The fourth-order valence-corrected chi connectivity index (χ4v) is 3.74. The molecule has 2 N–H and O–H groups in total. The Morgan fingerprint density at radius 2 is 2.04 bits per heavy atom. The largest absolute Gasteiger partial charge is 0.353 e. The van der Waals surface area contributed by atoms with Crippen LogP contribution in [0.5, 0.6) is 0 Å². The summed E-state index contributed by atoms with van der Waals surface area (Å²) in [5.74, 6) is 0.611. The molecule has 1 aromatic carbocycles. The first-order chi connectivity index (χ1) is 13.4. The smallest absolute Gasteiger partial charge is 0.278 e. The Hall–Kier alpha value is -2.54. The maximum Gasteiger partial charge on any atom is 0.278 e. The van der Waals surface area contributed by atoms with Gasteiger partial charge in [-0.25, -0.2) is 4.98 Å². The second kappa shape index (κ2) is 9.10. The normalized spacial score (nSPS) is 11.3. The Labute approximate surface area is 168 Å². The first kappa shape index (κ1) is 20.2. The number of H-pyrrole nitrogens is 1. The zero-order valence-corrected chi connectivity index (χ0v) is 17.3. The van der Waals surface area contributed by atoms with Crippen LogP contribution in [-0.4, -0.2) is 26.2 Å². The number of hydrogen-bond donors (Lipinski definition) is 2. The number of thioether (sulfide) groups is 1. The number of fused-ring (bicyclic) bond motifs is 1. The maximum absolute atomic E-state index is 12.9. The Morgan fingerprint density at radius 3 is 2.75 bits per heavy atom. The second-order valence-corrected chi connectivity index (χ2v) is 8.24. The van der Waals surface area contributed by atoms with Crippen molar-refractivity contribution in [3.63, 3.8) is 0 Å². The molecule has 0 aliphatic heterocycles. The summed E-state index contributed by atoms with van der Waals surface area (Å²) in [4.78, 5) is 32.9. The van der Waals surface area contributed by atoms with Gasteiger partial charge in [-0.15, -0.1) is 0 Å². The van der Waals surface area contributed by atoms with Crippen molar-refractivity contribution in [1.29, 1.82) is 0 Å². The van der Waals surface area contributed by atoms with Crippen LogP contribution >= 0.6 is 11.8 Å². The van der Waals surface area contributed by atoms with Crippen molar-refractivity contribution in [3.8, 4) is 0 Å². The highest BCUT2D eigenvalue weighted by atomic mass is 32.2. The summed E-state index contributed by atoms with van der Waals surface area (Å²) in [6.07, 6.45) is 0.876. The molecule has 0 radical (unpaired) electrons.